The van der Waals surface area contributed by atoms with Crippen LogP contribution in [0, 0.1) is 0 Å². The molecular formula is C27H25N3O2S. The molecule has 0 aliphatic carbocycles. The lowest BCUT2D eigenvalue weighted by Gasteiger charge is -2.25. The third-order valence-electron chi connectivity index (χ3n) is 6.15. The topological polar surface area (TPSA) is 65.2 Å². The smallest absolute Gasteiger partial charge is 0.255 e. The molecule has 0 spiro atoms. The Bertz CT molecular complexity index is 1260. The minimum atomic E-state index is -0.470. The Kier molecular flexibility index (Phi) is 6.17. The van der Waals surface area contributed by atoms with Gasteiger partial charge in [0.15, 0.2) is 0 Å². The molecule has 2 atom stereocenters. The third-order valence-corrected chi connectivity index (χ3v) is 7.16. The highest BCUT2D eigenvalue weighted by Gasteiger charge is 2.35. The zero-order valence-electron chi connectivity index (χ0n) is 18.1. The average molecular weight is 456 g/mol. The number of thioether (sulfide) groups is 1. The van der Waals surface area contributed by atoms with E-state index < -0.39 is 6.04 Å². The van der Waals surface area contributed by atoms with Crippen molar-refractivity contribution in [1.29, 1.82) is 0 Å². The molecule has 0 bridgehead atoms. The van der Waals surface area contributed by atoms with Gasteiger partial charge in [-0.3, -0.25) is 9.59 Å². The number of benzene rings is 3. The van der Waals surface area contributed by atoms with Gasteiger partial charge in [0.2, 0.25) is 5.91 Å². The quantitative estimate of drug-likeness (QED) is 0.446. The molecule has 6 heteroatoms. The monoisotopic (exact) mass is 455 g/mol. The van der Waals surface area contributed by atoms with E-state index >= 15 is 0 Å². The van der Waals surface area contributed by atoms with Gasteiger partial charge in [-0.2, -0.15) is 0 Å². The first-order valence-corrected chi connectivity index (χ1v) is 12.2. The first-order chi connectivity index (χ1) is 16.2. The van der Waals surface area contributed by atoms with Gasteiger partial charge in [0.25, 0.3) is 5.91 Å². The number of nitrogens with zero attached hydrogens (tertiary/aromatic N) is 1. The molecule has 1 saturated heterocycles. The van der Waals surface area contributed by atoms with Crippen LogP contribution in [-0.4, -0.2) is 45.9 Å². The molecule has 5 rings (SSSR count). The lowest BCUT2D eigenvalue weighted by Crippen LogP contribution is -2.48. The molecule has 0 saturated carbocycles. The Morgan fingerprint density at radius 2 is 1.67 bits per heavy atom. The second-order valence-electron chi connectivity index (χ2n) is 8.15. The van der Waals surface area contributed by atoms with Crippen LogP contribution in [0.3, 0.4) is 0 Å². The Morgan fingerprint density at radius 1 is 0.970 bits per heavy atom. The van der Waals surface area contributed by atoms with Gasteiger partial charge in [-0.05, 0) is 29.3 Å². The fraction of sp³-hybridized carbons (Fsp3) is 0.185. The summed E-state index contributed by atoms with van der Waals surface area (Å²) in [6, 6.07) is 27.1. The minimum Gasteiger partial charge on any atom is -0.361 e. The van der Waals surface area contributed by atoms with Crippen LogP contribution in [0.4, 0.5) is 0 Å². The number of hydrogen-bond acceptors (Lipinski definition) is 3. The summed E-state index contributed by atoms with van der Waals surface area (Å²) in [6.07, 6.45) is 2.03. The van der Waals surface area contributed by atoms with Gasteiger partial charge >= 0.3 is 0 Å². The van der Waals surface area contributed by atoms with Gasteiger partial charge in [-0.25, -0.2) is 0 Å². The number of nitrogens with one attached hydrogen (secondary N) is 2. The highest BCUT2D eigenvalue weighted by Crippen LogP contribution is 2.31. The van der Waals surface area contributed by atoms with E-state index in [0.29, 0.717) is 23.7 Å². The van der Waals surface area contributed by atoms with Gasteiger partial charge in [0.1, 0.15) is 6.04 Å². The summed E-state index contributed by atoms with van der Waals surface area (Å²) in [7, 11) is 0. The van der Waals surface area contributed by atoms with E-state index in [1.807, 2.05) is 54.7 Å². The number of fused-ring (bicyclic) bond motifs is 1. The minimum absolute atomic E-state index is 0.00127. The summed E-state index contributed by atoms with van der Waals surface area (Å²) in [6.45, 7) is 0.458. The van der Waals surface area contributed by atoms with E-state index in [2.05, 4.69) is 34.6 Å². The fourth-order valence-corrected chi connectivity index (χ4v) is 5.56. The maximum Gasteiger partial charge on any atom is 0.255 e. The maximum absolute atomic E-state index is 13.2. The van der Waals surface area contributed by atoms with Crippen molar-refractivity contribution in [2.45, 2.75) is 12.0 Å². The molecule has 1 fully saturated rings. The third kappa shape index (κ3) is 4.39. The number of hydrogen-bond donors (Lipinski definition) is 2. The Labute approximate surface area is 197 Å². The highest BCUT2D eigenvalue weighted by atomic mass is 32.2. The van der Waals surface area contributed by atoms with E-state index in [1.54, 1.807) is 28.8 Å². The zero-order valence-corrected chi connectivity index (χ0v) is 18.9. The Hall–Kier alpha value is -3.51. The first-order valence-electron chi connectivity index (χ1n) is 11.0. The van der Waals surface area contributed by atoms with Crippen LogP contribution in [0.5, 0.6) is 0 Å². The summed E-state index contributed by atoms with van der Waals surface area (Å²) >= 11 is 1.61. The largest absolute Gasteiger partial charge is 0.361 e. The predicted octanol–water partition coefficient (Wildman–Crippen LogP) is 4.63. The lowest BCUT2D eigenvalue weighted by molar-refractivity contribution is -0.124. The van der Waals surface area contributed by atoms with Crippen molar-refractivity contribution in [3.63, 3.8) is 0 Å². The number of H-pyrrole nitrogens is 1. The van der Waals surface area contributed by atoms with Gasteiger partial charge in [-0.1, -0.05) is 66.7 Å². The van der Waals surface area contributed by atoms with E-state index in [1.165, 1.54) is 0 Å². The van der Waals surface area contributed by atoms with E-state index in [-0.39, 0.29) is 17.7 Å². The number of rotatable bonds is 6. The molecule has 2 heterocycles. The second kappa shape index (κ2) is 9.55. The number of para-hydroxylation sites is 1. The summed E-state index contributed by atoms with van der Waals surface area (Å²) in [5.74, 6) is 0.921. The van der Waals surface area contributed by atoms with Crippen LogP contribution in [-0.2, 0) is 4.79 Å². The fourth-order valence-electron chi connectivity index (χ4n) is 4.40. The van der Waals surface area contributed by atoms with Crippen LogP contribution >= 0.6 is 11.8 Å². The SMILES string of the molecule is O=C(NCC(c1ccccc1)c1c[nH]c2ccccc12)C1CSCN1C(=O)c1ccccc1. The molecule has 5 nitrogen and oxygen atoms in total. The molecule has 1 aliphatic heterocycles. The van der Waals surface area contributed by atoms with Gasteiger partial charge in [0.05, 0.1) is 5.88 Å². The van der Waals surface area contributed by atoms with Crippen LogP contribution < -0.4 is 5.32 Å². The lowest BCUT2D eigenvalue weighted by atomic mass is 9.91. The standard InChI is InChI=1S/C27H25N3O2S/c31-26(25-17-33-18-30(25)27(32)20-11-5-2-6-12-20)29-15-22(19-9-3-1-4-10-19)23-16-28-24-14-8-7-13-21(23)24/h1-14,16,22,25,28H,15,17-18H2,(H,29,31). The number of amides is 2. The average Bonchev–Trinajstić information content (AvgIpc) is 3.53. The van der Waals surface area contributed by atoms with Crippen molar-refractivity contribution in [3.8, 4) is 0 Å². The van der Waals surface area contributed by atoms with Crippen molar-refractivity contribution in [2.24, 2.45) is 0 Å². The van der Waals surface area contributed by atoms with E-state index in [9.17, 15) is 9.59 Å². The van der Waals surface area contributed by atoms with Crippen LogP contribution in [0.25, 0.3) is 10.9 Å². The van der Waals surface area contributed by atoms with Crippen molar-refractivity contribution in [2.75, 3.05) is 18.2 Å². The number of aromatic amines is 1. The molecular weight excluding hydrogens is 430 g/mol. The molecule has 4 aromatic rings. The summed E-state index contributed by atoms with van der Waals surface area (Å²) in [5, 5.41) is 4.30. The number of carbonyl (C=O) groups excluding carboxylic acids is 2. The van der Waals surface area contributed by atoms with Crippen LogP contribution in [0.2, 0.25) is 0 Å². The van der Waals surface area contributed by atoms with Crippen molar-refractivity contribution < 1.29 is 9.59 Å². The number of carbonyl (C=O) groups is 2. The maximum atomic E-state index is 13.2. The summed E-state index contributed by atoms with van der Waals surface area (Å²) in [4.78, 5) is 31.2. The predicted molar refractivity (Wildman–Crippen MR) is 133 cm³/mol. The zero-order chi connectivity index (χ0) is 22.6. The first kappa shape index (κ1) is 21.3. The van der Waals surface area contributed by atoms with Crippen molar-refractivity contribution in [3.05, 3.63) is 108 Å². The Balaban J connectivity index is 1.36. The molecule has 2 amide bonds. The van der Waals surface area contributed by atoms with E-state index in [4.69, 9.17) is 0 Å². The summed E-state index contributed by atoms with van der Waals surface area (Å²) < 4.78 is 0. The molecule has 2 unspecified atom stereocenters. The van der Waals surface area contributed by atoms with Gasteiger partial charge in [0, 0.05) is 40.9 Å². The summed E-state index contributed by atoms with van der Waals surface area (Å²) in [5.41, 5.74) is 3.97. The molecule has 166 valence electrons. The molecule has 1 aromatic heterocycles. The molecule has 2 N–H and O–H groups in total. The Morgan fingerprint density at radius 3 is 2.45 bits per heavy atom. The highest BCUT2D eigenvalue weighted by molar-refractivity contribution is 7.99. The van der Waals surface area contributed by atoms with E-state index in [0.717, 1.165) is 22.0 Å². The van der Waals surface area contributed by atoms with Crippen molar-refractivity contribution in [1.82, 2.24) is 15.2 Å². The van der Waals surface area contributed by atoms with Crippen LogP contribution in [0.15, 0.2) is 91.1 Å². The molecule has 3 aromatic carbocycles. The molecule has 0 radical (unpaired) electrons. The van der Waals surface area contributed by atoms with Crippen molar-refractivity contribution >= 4 is 34.5 Å². The molecule has 1 aliphatic rings. The van der Waals surface area contributed by atoms with Crippen LogP contribution in [0.1, 0.15) is 27.4 Å². The normalized spacial score (nSPS) is 16.6. The van der Waals surface area contributed by atoms with Gasteiger partial charge < -0.3 is 15.2 Å². The number of aromatic nitrogens is 1. The molecule has 33 heavy (non-hydrogen) atoms. The van der Waals surface area contributed by atoms with Gasteiger partial charge in [-0.15, -0.1) is 11.8 Å². The second-order valence-corrected chi connectivity index (χ2v) is 9.15.